The van der Waals surface area contributed by atoms with Gasteiger partial charge in [0, 0.05) is 12.4 Å². The van der Waals surface area contributed by atoms with Crippen LogP contribution in [0.4, 0.5) is 0 Å². The largest absolute Gasteiger partial charge is 0.404 e. The lowest BCUT2D eigenvalue weighted by molar-refractivity contribution is 1.45. The van der Waals surface area contributed by atoms with Gasteiger partial charge in [-0.25, -0.2) is 0 Å². The number of fused-ring (bicyclic) bond motifs is 2. The molecule has 0 aliphatic rings. The normalized spacial score (nSPS) is 12.0. The molecular formula is C44H32N4. The molecule has 0 saturated heterocycles. The fraction of sp³-hybridized carbons (Fsp3) is 0.0227. The maximum absolute atomic E-state index is 9.34. The Bertz CT molecular complexity index is 2430. The summed E-state index contributed by atoms with van der Waals surface area (Å²) in [5, 5.41) is 30.7. The van der Waals surface area contributed by atoms with Crippen LogP contribution in [0.3, 0.4) is 0 Å². The van der Waals surface area contributed by atoms with Crippen LogP contribution in [0.1, 0.15) is 18.1 Å². The zero-order valence-electron chi connectivity index (χ0n) is 26.5. The first kappa shape index (κ1) is 31.2. The smallest absolute Gasteiger partial charge is 0.101 e. The molecule has 228 valence electrons. The van der Waals surface area contributed by atoms with E-state index in [4.69, 9.17) is 11.1 Å². The average molecular weight is 617 g/mol. The molecule has 4 heteroatoms. The van der Waals surface area contributed by atoms with Gasteiger partial charge < -0.3 is 11.1 Å². The minimum absolute atomic E-state index is 0.257. The number of benzene rings is 6. The summed E-state index contributed by atoms with van der Waals surface area (Å²) in [6.45, 7) is 6.14. The number of nitrogens with one attached hydrogen (secondary N) is 1. The van der Waals surface area contributed by atoms with Gasteiger partial charge in [0.05, 0.1) is 11.1 Å². The van der Waals surface area contributed by atoms with E-state index in [-0.39, 0.29) is 5.57 Å². The monoisotopic (exact) mass is 616 g/mol. The van der Waals surface area contributed by atoms with E-state index in [2.05, 4.69) is 110 Å². The predicted octanol–water partition coefficient (Wildman–Crippen LogP) is 10.9. The van der Waals surface area contributed by atoms with E-state index < -0.39 is 0 Å². The van der Waals surface area contributed by atoms with Crippen molar-refractivity contribution in [2.75, 3.05) is 0 Å². The molecule has 0 spiro atoms. The van der Waals surface area contributed by atoms with Gasteiger partial charge in [0.25, 0.3) is 0 Å². The second-order valence-electron chi connectivity index (χ2n) is 11.5. The fourth-order valence-electron chi connectivity index (χ4n) is 6.20. The quantitative estimate of drug-likeness (QED) is 0.101. The van der Waals surface area contributed by atoms with E-state index in [1.54, 1.807) is 6.08 Å². The molecule has 0 radical (unpaired) electrons. The number of hydrogen-bond donors (Lipinski definition) is 2. The molecule has 0 aliphatic heterocycles. The minimum Gasteiger partial charge on any atom is -0.404 e. The Balaban J connectivity index is 1.46. The van der Waals surface area contributed by atoms with Gasteiger partial charge in [-0.1, -0.05) is 116 Å². The highest BCUT2D eigenvalue weighted by atomic mass is 14.5. The molecule has 0 fully saturated rings. The number of nitrogens with two attached hydrogens (primary N) is 1. The molecule has 0 amide bonds. The van der Waals surface area contributed by atoms with Gasteiger partial charge in [-0.05, 0) is 108 Å². The highest BCUT2D eigenvalue weighted by molar-refractivity contribution is 6.12. The summed E-state index contributed by atoms with van der Waals surface area (Å²) in [4.78, 5) is 0. The number of allylic oxidation sites excluding steroid dienone is 6. The van der Waals surface area contributed by atoms with E-state index >= 15 is 0 Å². The fourth-order valence-corrected chi connectivity index (χ4v) is 6.20. The molecule has 0 atom stereocenters. The summed E-state index contributed by atoms with van der Waals surface area (Å²) < 4.78 is 0. The number of hydrogen-bond acceptors (Lipinski definition) is 4. The van der Waals surface area contributed by atoms with Crippen LogP contribution in [0.5, 0.6) is 0 Å². The van der Waals surface area contributed by atoms with Crippen molar-refractivity contribution in [2.24, 2.45) is 5.73 Å². The third-order valence-corrected chi connectivity index (χ3v) is 8.61. The third kappa shape index (κ3) is 6.07. The first-order chi connectivity index (χ1) is 23.4. The minimum atomic E-state index is 0.257. The molecule has 0 aromatic heterocycles. The van der Waals surface area contributed by atoms with Gasteiger partial charge in [-0.15, -0.1) is 0 Å². The van der Waals surface area contributed by atoms with Gasteiger partial charge in [-0.2, -0.15) is 10.5 Å². The van der Waals surface area contributed by atoms with Crippen molar-refractivity contribution in [1.82, 2.24) is 0 Å². The zero-order valence-corrected chi connectivity index (χ0v) is 26.5. The summed E-state index contributed by atoms with van der Waals surface area (Å²) in [6.07, 6.45) is 5.82. The Morgan fingerprint density at radius 1 is 0.604 bits per heavy atom. The number of nitrogens with zero attached hydrogens (tertiary/aromatic N) is 2. The van der Waals surface area contributed by atoms with Crippen LogP contribution in [0, 0.1) is 28.1 Å². The molecule has 4 nitrogen and oxygen atoms in total. The second-order valence-corrected chi connectivity index (χ2v) is 11.5. The van der Waals surface area contributed by atoms with Crippen molar-refractivity contribution >= 4 is 38.9 Å². The Morgan fingerprint density at radius 3 is 1.54 bits per heavy atom. The number of rotatable bonds is 8. The van der Waals surface area contributed by atoms with Gasteiger partial charge in [0.2, 0.25) is 0 Å². The van der Waals surface area contributed by atoms with Crippen molar-refractivity contribution in [3.05, 3.63) is 169 Å². The maximum atomic E-state index is 9.34. The zero-order chi connectivity index (χ0) is 33.6. The van der Waals surface area contributed by atoms with Crippen LogP contribution < -0.4 is 5.73 Å². The molecule has 6 aromatic rings. The van der Waals surface area contributed by atoms with E-state index in [0.29, 0.717) is 11.1 Å². The van der Waals surface area contributed by atoms with Crippen LogP contribution >= 0.6 is 0 Å². The molecular weight excluding hydrogens is 585 g/mol. The molecule has 0 unspecified atom stereocenters. The molecule has 0 bridgehead atoms. The summed E-state index contributed by atoms with van der Waals surface area (Å²) in [5.41, 5.74) is 16.5. The van der Waals surface area contributed by atoms with Crippen LogP contribution in [0.15, 0.2) is 157 Å². The predicted molar refractivity (Wildman–Crippen MR) is 201 cm³/mol. The van der Waals surface area contributed by atoms with E-state index in [1.807, 2.05) is 43.3 Å². The van der Waals surface area contributed by atoms with Crippen LogP contribution in [-0.4, -0.2) is 6.21 Å². The molecule has 0 aliphatic carbocycles. The standard InChI is InChI=1S/C44H32N4/c1-29(21-31(25-45)26-46)33-9-7-11-35(23-33)37-17-19-43(41-15-5-3-13-39(37)41)44-20-18-38(40-14-4-6-16-42(40)44)36-12-8-10-34(24-36)30(2)22-32(27-47)28-48/h3-25,27,45H,1,47H2,2H3/b30-22+,31-21+,32-27+,45-25?. The number of nitriles is 2. The first-order valence-electron chi connectivity index (χ1n) is 15.5. The lowest BCUT2D eigenvalue weighted by atomic mass is 9.87. The molecule has 0 heterocycles. The average Bonchev–Trinajstić information content (AvgIpc) is 3.15. The van der Waals surface area contributed by atoms with E-state index in [9.17, 15) is 10.5 Å². The Morgan fingerprint density at radius 2 is 1.06 bits per heavy atom. The Labute approximate surface area is 280 Å². The summed E-state index contributed by atoms with van der Waals surface area (Å²) in [6, 6.07) is 46.5. The van der Waals surface area contributed by atoms with Crippen LogP contribution in [-0.2, 0) is 0 Å². The molecule has 3 N–H and O–H groups in total. The van der Waals surface area contributed by atoms with Crippen molar-refractivity contribution in [3.8, 4) is 45.5 Å². The van der Waals surface area contributed by atoms with Gasteiger partial charge in [0.1, 0.15) is 12.1 Å². The highest BCUT2D eigenvalue weighted by Crippen LogP contribution is 2.41. The van der Waals surface area contributed by atoms with E-state index in [0.717, 1.165) is 77.8 Å². The lowest BCUT2D eigenvalue weighted by Crippen LogP contribution is -1.91. The summed E-state index contributed by atoms with van der Waals surface area (Å²) in [7, 11) is 0. The summed E-state index contributed by atoms with van der Waals surface area (Å²) >= 11 is 0. The molecule has 6 rings (SSSR count). The maximum Gasteiger partial charge on any atom is 0.101 e. The Kier molecular flexibility index (Phi) is 8.92. The van der Waals surface area contributed by atoms with Crippen LogP contribution in [0.2, 0.25) is 0 Å². The van der Waals surface area contributed by atoms with Crippen molar-refractivity contribution in [1.29, 1.82) is 15.9 Å². The second kappa shape index (κ2) is 13.7. The van der Waals surface area contributed by atoms with Gasteiger partial charge >= 0.3 is 0 Å². The van der Waals surface area contributed by atoms with E-state index in [1.165, 1.54) is 6.20 Å². The van der Waals surface area contributed by atoms with Gasteiger partial charge in [0.15, 0.2) is 0 Å². The molecule has 6 aromatic carbocycles. The molecule has 48 heavy (non-hydrogen) atoms. The van der Waals surface area contributed by atoms with Crippen molar-refractivity contribution in [3.63, 3.8) is 0 Å². The SMILES string of the molecule is C=C(/C=C(/C#N)C=N)c1cccc(-c2ccc(-c3ccc(-c4cccc(/C(C)=C/C(C#N)=C\N)c4)c4ccccc34)c3ccccc23)c1. The lowest BCUT2D eigenvalue weighted by Gasteiger charge is -2.16. The van der Waals surface area contributed by atoms with Crippen molar-refractivity contribution in [2.45, 2.75) is 6.92 Å². The highest BCUT2D eigenvalue weighted by Gasteiger charge is 2.15. The van der Waals surface area contributed by atoms with Crippen LogP contribution in [0.25, 0.3) is 66.1 Å². The first-order valence-corrected chi connectivity index (χ1v) is 15.5. The van der Waals surface area contributed by atoms with Crippen molar-refractivity contribution < 1.29 is 0 Å². The molecule has 0 saturated carbocycles. The third-order valence-electron chi connectivity index (χ3n) is 8.61. The topological polar surface area (TPSA) is 97.5 Å². The van der Waals surface area contributed by atoms with Gasteiger partial charge in [-0.3, -0.25) is 0 Å². The summed E-state index contributed by atoms with van der Waals surface area (Å²) in [5.74, 6) is 0. The Hall–Kier alpha value is -6.75.